The third-order valence-corrected chi connectivity index (χ3v) is 3.60. The van der Waals surface area contributed by atoms with Crippen LogP contribution in [0.4, 0.5) is 4.79 Å². The van der Waals surface area contributed by atoms with Gasteiger partial charge >= 0.3 is 12.0 Å². The third kappa shape index (κ3) is 2.36. The molecule has 1 heterocycles. The molecule has 2 fully saturated rings. The fourth-order valence-electron chi connectivity index (χ4n) is 2.24. The molecule has 1 saturated heterocycles. The highest BCUT2D eigenvalue weighted by atomic mass is 16.4. The van der Waals surface area contributed by atoms with Gasteiger partial charge < -0.3 is 20.2 Å². The van der Waals surface area contributed by atoms with E-state index in [0.29, 0.717) is 19.4 Å². The van der Waals surface area contributed by atoms with E-state index in [2.05, 4.69) is 10.2 Å². The number of piperazine rings is 1. The van der Waals surface area contributed by atoms with Crippen LogP contribution < -0.4 is 5.32 Å². The minimum absolute atomic E-state index is 0.123. The van der Waals surface area contributed by atoms with E-state index >= 15 is 0 Å². The number of nitrogens with zero attached hydrogens (tertiary/aromatic N) is 2. The lowest BCUT2D eigenvalue weighted by atomic mass is 10.2. The van der Waals surface area contributed by atoms with E-state index < -0.39 is 11.5 Å². The number of carboxylic acids is 1. The van der Waals surface area contributed by atoms with E-state index in [-0.39, 0.29) is 12.1 Å². The molecule has 1 unspecified atom stereocenters. The molecule has 6 heteroatoms. The van der Waals surface area contributed by atoms with Gasteiger partial charge in [-0.1, -0.05) is 0 Å². The number of nitrogens with one attached hydrogen (secondary N) is 1. The van der Waals surface area contributed by atoms with Crippen molar-refractivity contribution in [2.75, 3.05) is 26.7 Å². The molecule has 1 saturated carbocycles. The molecule has 2 rings (SSSR count). The first-order valence-electron chi connectivity index (χ1n) is 5.95. The van der Waals surface area contributed by atoms with Crippen molar-refractivity contribution in [3.8, 4) is 0 Å². The molecule has 1 aliphatic carbocycles. The molecular weight excluding hydrogens is 222 g/mol. The summed E-state index contributed by atoms with van der Waals surface area (Å²) >= 11 is 0. The van der Waals surface area contributed by atoms with Gasteiger partial charge in [0.1, 0.15) is 5.54 Å². The molecule has 0 aromatic rings. The maximum atomic E-state index is 12.0. The van der Waals surface area contributed by atoms with Crippen LogP contribution >= 0.6 is 0 Å². The van der Waals surface area contributed by atoms with Crippen LogP contribution in [0.15, 0.2) is 0 Å². The maximum absolute atomic E-state index is 12.0. The van der Waals surface area contributed by atoms with Crippen molar-refractivity contribution in [2.45, 2.75) is 31.3 Å². The standard InChI is InChI=1S/C11H19N3O3/c1-8-7-13(2)5-6-14(8)10(17)12-11(3-4-11)9(15)16/h8H,3-7H2,1-2H3,(H,12,17)(H,15,16). The number of likely N-dealkylation sites (N-methyl/N-ethyl adjacent to an activating group) is 1. The summed E-state index contributed by atoms with van der Waals surface area (Å²) in [6, 6.07) is -0.121. The van der Waals surface area contributed by atoms with Crippen LogP contribution in [0.2, 0.25) is 0 Å². The summed E-state index contributed by atoms with van der Waals surface area (Å²) in [6.45, 7) is 4.29. The summed E-state index contributed by atoms with van der Waals surface area (Å²) in [5, 5.41) is 11.7. The molecule has 2 amide bonds. The Morgan fingerprint density at radius 3 is 2.47 bits per heavy atom. The molecule has 2 aliphatic rings. The zero-order valence-electron chi connectivity index (χ0n) is 10.3. The van der Waals surface area contributed by atoms with Crippen LogP contribution in [0.5, 0.6) is 0 Å². The summed E-state index contributed by atoms with van der Waals surface area (Å²) in [7, 11) is 2.02. The Morgan fingerprint density at radius 1 is 1.35 bits per heavy atom. The fraction of sp³-hybridized carbons (Fsp3) is 0.818. The van der Waals surface area contributed by atoms with Crippen LogP contribution in [0, 0.1) is 0 Å². The monoisotopic (exact) mass is 241 g/mol. The van der Waals surface area contributed by atoms with Gasteiger partial charge in [-0.2, -0.15) is 0 Å². The zero-order valence-corrected chi connectivity index (χ0v) is 10.3. The quantitative estimate of drug-likeness (QED) is 0.711. The molecule has 2 N–H and O–H groups in total. The Morgan fingerprint density at radius 2 is 2.00 bits per heavy atom. The second-order valence-electron chi connectivity index (χ2n) is 5.12. The number of hydrogen-bond donors (Lipinski definition) is 2. The van der Waals surface area contributed by atoms with Crippen molar-refractivity contribution in [1.82, 2.24) is 15.1 Å². The van der Waals surface area contributed by atoms with Gasteiger partial charge in [0.2, 0.25) is 0 Å². The minimum atomic E-state index is -0.986. The Kier molecular flexibility index (Phi) is 2.99. The number of carbonyl (C=O) groups is 2. The van der Waals surface area contributed by atoms with Crippen LogP contribution in [0.25, 0.3) is 0 Å². The molecule has 0 aromatic heterocycles. The number of aliphatic carboxylic acids is 1. The first-order valence-corrected chi connectivity index (χ1v) is 5.95. The average Bonchev–Trinajstić information content (AvgIpc) is 2.98. The predicted molar refractivity (Wildman–Crippen MR) is 61.8 cm³/mol. The summed E-state index contributed by atoms with van der Waals surface area (Å²) in [4.78, 5) is 26.9. The Balaban J connectivity index is 1.94. The molecule has 6 nitrogen and oxygen atoms in total. The lowest BCUT2D eigenvalue weighted by Crippen LogP contribution is -2.58. The highest BCUT2D eigenvalue weighted by Gasteiger charge is 2.52. The summed E-state index contributed by atoms with van der Waals surface area (Å²) in [5.74, 6) is -0.923. The van der Waals surface area contributed by atoms with Gasteiger partial charge in [0.25, 0.3) is 0 Å². The molecule has 96 valence electrons. The second-order valence-corrected chi connectivity index (χ2v) is 5.12. The third-order valence-electron chi connectivity index (χ3n) is 3.60. The van der Waals surface area contributed by atoms with Crippen molar-refractivity contribution >= 4 is 12.0 Å². The minimum Gasteiger partial charge on any atom is -0.480 e. The predicted octanol–water partition coefficient (Wildman–Crippen LogP) is -0.0509. The zero-order chi connectivity index (χ0) is 12.6. The van der Waals surface area contributed by atoms with Crippen LogP contribution in [-0.4, -0.2) is 65.2 Å². The van der Waals surface area contributed by atoms with Crippen LogP contribution in [0.3, 0.4) is 0 Å². The molecule has 17 heavy (non-hydrogen) atoms. The number of carboxylic acid groups (broad SMARTS) is 1. The first-order chi connectivity index (χ1) is 7.94. The highest BCUT2D eigenvalue weighted by molar-refractivity contribution is 5.89. The Bertz CT molecular complexity index is 341. The van der Waals surface area contributed by atoms with Crippen molar-refractivity contribution in [3.63, 3.8) is 0 Å². The number of hydrogen-bond acceptors (Lipinski definition) is 3. The van der Waals surface area contributed by atoms with Gasteiger partial charge in [-0.25, -0.2) is 9.59 Å². The highest BCUT2D eigenvalue weighted by Crippen LogP contribution is 2.35. The summed E-state index contributed by atoms with van der Waals surface area (Å²) < 4.78 is 0. The molecule has 0 spiro atoms. The first kappa shape index (κ1) is 12.2. The molecule has 0 radical (unpaired) electrons. The van der Waals surface area contributed by atoms with Crippen LogP contribution in [0.1, 0.15) is 19.8 Å². The maximum Gasteiger partial charge on any atom is 0.329 e. The number of urea groups is 1. The fourth-order valence-corrected chi connectivity index (χ4v) is 2.24. The summed E-state index contributed by atoms with van der Waals surface area (Å²) in [5.41, 5.74) is -0.986. The van der Waals surface area contributed by atoms with E-state index in [1.807, 2.05) is 14.0 Å². The topological polar surface area (TPSA) is 72.9 Å². The summed E-state index contributed by atoms with van der Waals surface area (Å²) in [6.07, 6.45) is 1.08. The number of amides is 2. The van der Waals surface area contributed by atoms with Crippen molar-refractivity contribution in [1.29, 1.82) is 0 Å². The van der Waals surface area contributed by atoms with Crippen molar-refractivity contribution in [2.24, 2.45) is 0 Å². The molecule has 1 aliphatic heterocycles. The molecule has 0 bridgehead atoms. The van der Waals surface area contributed by atoms with E-state index in [1.165, 1.54) is 0 Å². The van der Waals surface area contributed by atoms with E-state index in [4.69, 9.17) is 5.11 Å². The van der Waals surface area contributed by atoms with Crippen molar-refractivity contribution in [3.05, 3.63) is 0 Å². The van der Waals surface area contributed by atoms with Crippen LogP contribution in [-0.2, 0) is 4.79 Å². The van der Waals surface area contributed by atoms with Gasteiger partial charge in [-0.15, -0.1) is 0 Å². The Hall–Kier alpha value is -1.30. The van der Waals surface area contributed by atoms with Gasteiger partial charge in [0.05, 0.1) is 0 Å². The van der Waals surface area contributed by atoms with E-state index in [0.717, 1.165) is 13.1 Å². The Labute approximate surface area is 101 Å². The SMILES string of the molecule is CC1CN(C)CCN1C(=O)NC1(C(=O)O)CC1. The molecule has 1 atom stereocenters. The van der Waals surface area contributed by atoms with E-state index in [1.54, 1.807) is 4.90 Å². The second kappa shape index (κ2) is 4.18. The molecule has 0 aromatic carbocycles. The van der Waals surface area contributed by atoms with E-state index in [9.17, 15) is 9.59 Å². The molecular formula is C11H19N3O3. The lowest BCUT2D eigenvalue weighted by Gasteiger charge is -2.38. The largest absolute Gasteiger partial charge is 0.480 e. The smallest absolute Gasteiger partial charge is 0.329 e. The number of carbonyl (C=O) groups excluding carboxylic acids is 1. The van der Waals surface area contributed by atoms with Gasteiger partial charge in [0.15, 0.2) is 0 Å². The average molecular weight is 241 g/mol. The number of rotatable bonds is 2. The van der Waals surface area contributed by atoms with Gasteiger partial charge in [-0.3, -0.25) is 0 Å². The van der Waals surface area contributed by atoms with Crippen molar-refractivity contribution < 1.29 is 14.7 Å². The van der Waals surface area contributed by atoms with Gasteiger partial charge in [0, 0.05) is 25.7 Å². The normalized spacial score (nSPS) is 27.6. The van der Waals surface area contributed by atoms with Gasteiger partial charge in [-0.05, 0) is 26.8 Å². The lowest BCUT2D eigenvalue weighted by molar-refractivity contribution is -0.140.